The summed E-state index contributed by atoms with van der Waals surface area (Å²) in [6.45, 7) is 0. The average molecular weight is 350 g/mol. The molecule has 3 N–H and O–H groups in total. The van der Waals surface area contributed by atoms with Crippen molar-refractivity contribution in [1.82, 2.24) is 4.98 Å². The summed E-state index contributed by atoms with van der Waals surface area (Å²) in [5.74, 6) is -2.57. The molecule has 130 valence electrons. The van der Waals surface area contributed by atoms with E-state index in [-0.39, 0.29) is 5.75 Å². The van der Waals surface area contributed by atoms with E-state index in [1.54, 1.807) is 12.3 Å². The van der Waals surface area contributed by atoms with Gasteiger partial charge in [0.05, 0.1) is 0 Å². The second kappa shape index (κ2) is 7.52. The first kappa shape index (κ1) is 18.1. The van der Waals surface area contributed by atoms with E-state index < -0.39 is 12.1 Å². The normalized spacial score (nSPS) is 10.7. The van der Waals surface area contributed by atoms with E-state index in [9.17, 15) is 18.3 Å². The maximum absolute atomic E-state index is 10.6. The number of aromatic hydroxyl groups is 1. The molecule has 0 saturated carbocycles. The minimum atomic E-state index is -5.08. The number of anilines is 2. The molecule has 0 spiro atoms. The van der Waals surface area contributed by atoms with Gasteiger partial charge in [0.1, 0.15) is 11.3 Å². The van der Waals surface area contributed by atoms with Crippen molar-refractivity contribution >= 4 is 28.2 Å². The van der Waals surface area contributed by atoms with Crippen molar-refractivity contribution in [3.63, 3.8) is 0 Å². The molecule has 0 radical (unpaired) electrons. The third-order valence-corrected chi connectivity index (χ3v) is 2.99. The lowest BCUT2D eigenvalue weighted by Gasteiger charge is -2.08. The molecule has 0 bridgehead atoms. The molecule has 0 aliphatic heterocycles. The van der Waals surface area contributed by atoms with Crippen LogP contribution in [0.15, 0.2) is 60.8 Å². The molecule has 5 nitrogen and oxygen atoms in total. The minimum absolute atomic E-state index is 0.187. The Hall–Kier alpha value is -3.29. The fraction of sp³-hybridized carbons (Fsp3) is 0.0588. The number of hydrogen-bond acceptors (Lipinski definition) is 4. The molecule has 1 heterocycles. The Kier molecular flexibility index (Phi) is 5.43. The van der Waals surface area contributed by atoms with E-state index in [1.165, 1.54) is 0 Å². The molecule has 0 unspecified atom stereocenters. The number of halogens is 3. The summed E-state index contributed by atoms with van der Waals surface area (Å²) in [4.78, 5) is 13.0. The zero-order valence-electron chi connectivity index (χ0n) is 12.7. The second-order valence-electron chi connectivity index (χ2n) is 4.86. The van der Waals surface area contributed by atoms with Crippen molar-refractivity contribution in [2.24, 2.45) is 0 Å². The summed E-state index contributed by atoms with van der Waals surface area (Å²) in [5.41, 5.74) is 2.45. The first-order valence-corrected chi connectivity index (χ1v) is 6.97. The Labute approximate surface area is 140 Å². The highest BCUT2D eigenvalue weighted by Crippen LogP contribution is 2.28. The van der Waals surface area contributed by atoms with E-state index in [2.05, 4.69) is 10.3 Å². The molecule has 8 heteroatoms. The van der Waals surface area contributed by atoms with Crippen molar-refractivity contribution in [3.8, 4) is 5.75 Å². The summed E-state index contributed by atoms with van der Waals surface area (Å²) in [6, 6.07) is 17.3. The van der Waals surface area contributed by atoms with Gasteiger partial charge < -0.3 is 15.5 Å². The molecule has 2 aromatic carbocycles. The highest BCUT2D eigenvalue weighted by molar-refractivity contribution is 5.88. The van der Waals surface area contributed by atoms with Gasteiger partial charge in [0.2, 0.25) is 0 Å². The predicted molar refractivity (Wildman–Crippen MR) is 86.8 cm³/mol. The number of aromatic nitrogens is 1. The van der Waals surface area contributed by atoms with Gasteiger partial charge in [0, 0.05) is 29.0 Å². The Morgan fingerprint density at radius 3 is 2.24 bits per heavy atom. The highest BCUT2D eigenvalue weighted by Gasteiger charge is 2.38. The smallest absolute Gasteiger partial charge is 0.490 e. The lowest BCUT2D eigenvalue weighted by Crippen LogP contribution is -2.21. The molecule has 3 aromatic rings. The van der Waals surface area contributed by atoms with E-state index in [0.717, 1.165) is 16.8 Å². The number of phenolic OH excluding ortho intramolecular Hbond substituents is 1. The Morgan fingerprint density at radius 2 is 1.64 bits per heavy atom. The van der Waals surface area contributed by atoms with Crippen LogP contribution < -0.4 is 5.32 Å². The van der Waals surface area contributed by atoms with Gasteiger partial charge in [0.15, 0.2) is 0 Å². The zero-order valence-corrected chi connectivity index (χ0v) is 12.7. The first-order chi connectivity index (χ1) is 11.8. The Morgan fingerprint density at radius 1 is 1.00 bits per heavy atom. The number of carboxylic acid groups (broad SMARTS) is 1. The van der Waals surface area contributed by atoms with Crippen LogP contribution in [-0.4, -0.2) is 27.3 Å². The van der Waals surface area contributed by atoms with Crippen LogP contribution in [-0.2, 0) is 4.79 Å². The van der Waals surface area contributed by atoms with Gasteiger partial charge in [-0.3, -0.25) is 4.98 Å². The number of nitrogens with one attached hydrogen (secondary N) is 1. The number of fused-ring (bicyclic) bond motifs is 1. The highest BCUT2D eigenvalue weighted by atomic mass is 19.4. The van der Waals surface area contributed by atoms with Crippen molar-refractivity contribution in [1.29, 1.82) is 0 Å². The largest absolute Gasteiger partial charge is 0.506 e. The number of nitrogens with zero attached hydrogens (tertiary/aromatic N) is 1. The standard InChI is InChI=1S/C15H12N2O.C2HF3O2/c18-14-10-13(17-12-6-2-1-3-7-12)9-11-5-4-8-16-15(11)14;3-2(4,5)1(6)7/h1-10,17-18H;(H,6,7). The van der Waals surface area contributed by atoms with Gasteiger partial charge in [-0.1, -0.05) is 24.3 Å². The Balaban J connectivity index is 0.000000277. The van der Waals surface area contributed by atoms with Gasteiger partial charge in [-0.25, -0.2) is 4.79 Å². The van der Waals surface area contributed by atoms with Crippen LogP contribution in [0.2, 0.25) is 0 Å². The lowest BCUT2D eigenvalue weighted by atomic mass is 10.1. The molecule has 25 heavy (non-hydrogen) atoms. The molecule has 0 atom stereocenters. The van der Waals surface area contributed by atoms with Crippen LogP contribution in [0.5, 0.6) is 5.75 Å². The first-order valence-electron chi connectivity index (χ1n) is 6.97. The molecule has 0 saturated heterocycles. The number of phenols is 1. The van der Waals surface area contributed by atoms with Gasteiger partial charge >= 0.3 is 12.1 Å². The number of carboxylic acids is 1. The summed E-state index contributed by atoms with van der Waals surface area (Å²) in [7, 11) is 0. The number of rotatable bonds is 2. The molecule has 0 fully saturated rings. The van der Waals surface area contributed by atoms with Crippen molar-refractivity contribution < 1.29 is 28.2 Å². The van der Waals surface area contributed by atoms with E-state index in [0.29, 0.717) is 5.52 Å². The number of para-hydroxylation sites is 1. The maximum Gasteiger partial charge on any atom is 0.490 e. The fourth-order valence-electron chi connectivity index (χ4n) is 1.93. The number of alkyl halides is 3. The quantitative estimate of drug-likeness (QED) is 0.641. The average Bonchev–Trinajstić information content (AvgIpc) is 2.55. The van der Waals surface area contributed by atoms with Gasteiger partial charge in [-0.05, 0) is 24.3 Å². The van der Waals surface area contributed by atoms with Crippen LogP contribution in [0.4, 0.5) is 24.5 Å². The molecule has 0 aliphatic carbocycles. The van der Waals surface area contributed by atoms with E-state index in [4.69, 9.17) is 9.90 Å². The lowest BCUT2D eigenvalue weighted by molar-refractivity contribution is -0.192. The fourth-order valence-corrected chi connectivity index (χ4v) is 1.93. The van der Waals surface area contributed by atoms with Crippen LogP contribution in [0.3, 0.4) is 0 Å². The second-order valence-corrected chi connectivity index (χ2v) is 4.86. The number of pyridine rings is 1. The minimum Gasteiger partial charge on any atom is -0.506 e. The summed E-state index contributed by atoms with van der Waals surface area (Å²) >= 11 is 0. The van der Waals surface area contributed by atoms with E-state index >= 15 is 0 Å². The number of carbonyl (C=O) groups is 1. The molecule has 3 rings (SSSR count). The summed E-state index contributed by atoms with van der Waals surface area (Å²) in [5, 5.41) is 21.2. The number of benzene rings is 2. The third kappa shape index (κ3) is 5.10. The molecular weight excluding hydrogens is 337 g/mol. The molecule has 1 aromatic heterocycles. The predicted octanol–water partition coefficient (Wildman–Crippen LogP) is 4.32. The molecule has 0 amide bonds. The van der Waals surface area contributed by atoms with Crippen LogP contribution in [0, 0.1) is 0 Å². The summed E-state index contributed by atoms with van der Waals surface area (Å²) < 4.78 is 31.7. The monoisotopic (exact) mass is 350 g/mol. The van der Waals surface area contributed by atoms with Crippen molar-refractivity contribution in [2.45, 2.75) is 6.18 Å². The third-order valence-electron chi connectivity index (χ3n) is 2.99. The Bertz CT molecular complexity index is 868. The summed E-state index contributed by atoms with van der Waals surface area (Å²) in [6.07, 6.45) is -3.41. The molecule has 0 aliphatic rings. The van der Waals surface area contributed by atoms with Gasteiger partial charge in [-0.2, -0.15) is 13.2 Å². The van der Waals surface area contributed by atoms with Gasteiger partial charge in [-0.15, -0.1) is 0 Å². The SMILES string of the molecule is O=C(O)C(F)(F)F.Oc1cc(Nc2ccccc2)cc2cccnc12. The zero-order chi connectivity index (χ0) is 18.4. The molecular formula is C17H13F3N2O3. The topological polar surface area (TPSA) is 82.5 Å². The van der Waals surface area contributed by atoms with Crippen molar-refractivity contribution in [2.75, 3.05) is 5.32 Å². The van der Waals surface area contributed by atoms with E-state index in [1.807, 2.05) is 48.5 Å². The van der Waals surface area contributed by atoms with Crippen LogP contribution in [0.1, 0.15) is 0 Å². The number of aliphatic carboxylic acids is 1. The maximum atomic E-state index is 10.6. The van der Waals surface area contributed by atoms with Gasteiger partial charge in [0.25, 0.3) is 0 Å². The van der Waals surface area contributed by atoms with Crippen LogP contribution in [0.25, 0.3) is 10.9 Å². The van der Waals surface area contributed by atoms with Crippen LogP contribution >= 0.6 is 0 Å². The van der Waals surface area contributed by atoms with Crippen molar-refractivity contribution in [3.05, 3.63) is 60.8 Å². The number of hydrogen-bond donors (Lipinski definition) is 3.